The molecule has 45 heavy (non-hydrogen) atoms. The summed E-state index contributed by atoms with van der Waals surface area (Å²) in [6.07, 6.45) is 0. The van der Waals surface area contributed by atoms with Crippen LogP contribution in [-0.4, -0.2) is 4.57 Å². The molecule has 0 amide bonds. The first-order chi connectivity index (χ1) is 22.3. The van der Waals surface area contributed by atoms with Gasteiger partial charge in [-0.1, -0.05) is 146 Å². The van der Waals surface area contributed by atoms with Crippen molar-refractivity contribution in [2.45, 2.75) is 0 Å². The smallest absolute Gasteiger partial charge is 0.0547 e. The highest BCUT2D eigenvalue weighted by Crippen LogP contribution is 2.44. The first kappa shape index (κ1) is 25.6. The van der Waals surface area contributed by atoms with Gasteiger partial charge in [-0.05, 0) is 85.3 Å². The summed E-state index contributed by atoms with van der Waals surface area (Å²) in [6, 6.07) is 63.9. The largest absolute Gasteiger partial charge is 0.309 e. The van der Waals surface area contributed by atoms with Crippen LogP contribution in [0.15, 0.2) is 176 Å². The van der Waals surface area contributed by atoms with Crippen molar-refractivity contribution < 1.29 is 0 Å². The fraction of sp³-hybridized carbons (Fsp3) is 0. The Morgan fingerprint density at radius 1 is 0.267 bits per heavy atom. The molecule has 0 unspecified atom stereocenters. The van der Waals surface area contributed by atoms with E-state index in [-0.39, 0.29) is 0 Å². The maximum absolute atomic E-state index is 2.39. The van der Waals surface area contributed by atoms with Crippen molar-refractivity contribution >= 4 is 43.4 Å². The van der Waals surface area contributed by atoms with Crippen LogP contribution in [0.25, 0.3) is 82.4 Å². The molecule has 1 nitrogen and oxygen atoms in total. The molecule has 0 aliphatic heterocycles. The minimum atomic E-state index is 1.17. The second-order valence-corrected chi connectivity index (χ2v) is 11.7. The molecule has 0 aliphatic rings. The van der Waals surface area contributed by atoms with Crippen LogP contribution >= 0.6 is 0 Å². The Labute approximate surface area is 262 Å². The molecule has 0 saturated heterocycles. The highest BCUT2D eigenvalue weighted by atomic mass is 15.0. The molecule has 0 aliphatic carbocycles. The summed E-state index contributed by atoms with van der Waals surface area (Å²) in [7, 11) is 0. The van der Waals surface area contributed by atoms with Gasteiger partial charge in [-0.25, -0.2) is 0 Å². The lowest BCUT2D eigenvalue weighted by Gasteiger charge is -2.18. The number of fused-ring (bicyclic) bond motifs is 5. The topological polar surface area (TPSA) is 4.93 Å². The average Bonchev–Trinajstić information content (AvgIpc) is 3.45. The summed E-state index contributed by atoms with van der Waals surface area (Å²) in [6.45, 7) is 0. The standard InChI is InChI=1S/C44H29N/c1-3-14-30(15-4-1)43-37-21-7-9-23-39(37)44(40-24-10-8-22-38(40)43)33-17-13-16-31(28-33)32-26-27-36-35-20-11-12-25-41(35)45(42(36)29-32)34-18-5-2-6-19-34/h1-29H. The summed E-state index contributed by atoms with van der Waals surface area (Å²) >= 11 is 0. The predicted molar refractivity (Wildman–Crippen MR) is 192 cm³/mol. The zero-order chi connectivity index (χ0) is 29.7. The van der Waals surface area contributed by atoms with E-state index in [4.69, 9.17) is 0 Å². The van der Waals surface area contributed by atoms with Crippen molar-refractivity contribution in [3.8, 4) is 39.1 Å². The maximum atomic E-state index is 2.39. The quantitative estimate of drug-likeness (QED) is 0.185. The van der Waals surface area contributed by atoms with Gasteiger partial charge in [-0.3, -0.25) is 0 Å². The minimum absolute atomic E-state index is 1.17. The molecule has 1 heterocycles. The zero-order valence-electron chi connectivity index (χ0n) is 24.7. The predicted octanol–water partition coefficient (Wildman–Crippen LogP) is 12.1. The van der Waals surface area contributed by atoms with Crippen LogP contribution < -0.4 is 0 Å². The molecular formula is C44H29N. The van der Waals surface area contributed by atoms with E-state index < -0.39 is 0 Å². The first-order valence-electron chi connectivity index (χ1n) is 15.5. The van der Waals surface area contributed by atoms with Gasteiger partial charge >= 0.3 is 0 Å². The monoisotopic (exact) mass is 571 g/mol. The van der Waals surface area contributed by atoms with Crippen LogP contribution in [0.5, 0.6) is 0 Å². The summed E-state index contributed by atoms with van der Waals surface area (Å²) in [5.74, 6) is 0. The number of rotatable bonds is 4. The second-order valence-electron chi connectivity index (χ2n) is 11.7. The van der Waals surface area contributed by atoms with Crippen molar-refractivity contribution in [1.82, 2.24) is 4.57 Å². The highest BCUT2D eigenvalue weighted by molar-refractivity contribution is 6.21. The molecule has 0 bridgehead atoms. The molecule has 9 rings (SSSR count). The summed E-state index contributed by atoms with van der Waals surface area (Å²) in [4.78, 5) is 0. The molecule has 0 spiro atoms. The van der Waals surface area contributed by atoms with Gasteiger partial charge < -0.3 is 4.57 Å². The SMILES string of the molecule is c1ccc(-c2c3ccccc3c(-c3cccc(-c4ccc5c6ccccc6n(-c6ccccc6)c5c4)c3)c3ccccc23)cc1. The van der Waals surface area contributed by atoms with Crippen LogP contribution in [0.1, 0.15) is 0 Å². The Kier molecular flexibility index (Phi) is 5.89. The molecule has 0 fully saturated rings. The number of benzene rings is 8. The average molecular weight is 572 g/mol. The lowest BCUT2D eigenvalue weighted by molar-refractivity contribution is 1.18. The normalized spacial score (nSPS) is 11.6. The molecular weight excluding hydrogens is 542 g/mol. The van der Waals surface area contributed by atoms with E-state index in [0.717, 1.165) is 0 Å². The molecule has 0 radical (unpaired) electrons. The van der Waals surface area contributed by atoms with Crippen LogP contribution in [0.3, 0.4) is 0 Å². The molecule has 1 heteroatoms. The van der Waals surface area contributed by atoms with E-state index >= 15 is 0 Å². The summed E-state index contributed by atoms with van der Waals surface area (Å²) < 4.78 is 2.39. The Balaban J connectivity index is 1.28. The number of para-hydroxylation sites is 2. The number of aromatic nitrogens is 1. The van der Waals surface area contributed by atoms with E-state index in [1.807, 2.05) is 0 Å². The lowest BCUT2D eigenvalue weighted by Crippen LogP contribution is -1.93. The van der Waals surface area contributed by atoms with Gasteiger partial charge in [0.15, 0.2) is 0 Å². The number of hydrogen-bond acceptors (Lipinski definition) is 0. The minimum Gasteiger partial charge on any atom is -0.309 e. The molecule has 0 atom stereocenters. The van der Waals surface area contributed by atoms with Crippen LogP contribution in [0, 0.1) is 0 Å². The van der Waals surface area contributed by atoms with Gasteiger partial charge in [0.1, 0.15) is 0 Å². The molecule has 0 N–H and O–H groups in total. The number of nitrogens with zero attached hydrogens (tertiary/aromatic N) is 1. The maximum Gasteiger partial charge on any atom is 0.0547 e. The van der Waals surface area contributed by atoms with Crippen molar-refractivity contribution in [3.63, 3.8) is 0 Å². The second kappa shape index (κ2) is 10.4. The Bertz CT molecular complexity index is 2460. The zero-order valence-corrected chi connectivity index (χ0v) is 24.7. The van der Waals surface area contributed by atoms with E-state index in [0.29, 0.717) is 0 Å². The third-order valence-corrected chi connectivity index (χ3v) is 9.17. The van der Waals surface area contributed by atoms with Crippen LogP contribution in [-0.2, 0) is 0 Å². The van der Waals surface area contributed by atoms with Gasteiger partial charge in [0.25, 0.3) is 0 Å². The lowest BCUT2D eigenvalue weighted by atomic mass is 9.85. The molecule has 8 aromatic carbocycles. The molecule has 1 aromatic heterocycles. The van der Waals surface area contributed by atoms with Gasteiger partial charge in [-0.2, -0.15) is 0 Å². The van der Waals surface area contributed by atoms with Crippen molar-refractivity contribution in [2.24, 2.45) is 0 Å². The Morgan fingerprint density at radius 2 is 0.733 bits per heavy atom. The summed E-state index contributed by atoms with van der Waals surface area (Å²) in [5.41, 5.74) is 11.1. The van der Waals surface area contributed by atoms with Crippen molar-refractivity contribution in [2.75, 3.05) is 0 Å². The van der Waals surface area contributed by atoms with E-state index in [9.17, 15) is 0 Å². The molecule has 9 aromatic rings. The number of hydrogen-bond donors (Lipinski definition) is 0. The van der Waals surface area contributed by atoms with Crippen molar-refractivity contribution in [3.05, 3.63) is 176 Å². The summed E-state index contributed by atoms with van der Waals surface area (Å²) in [5, 5.41) is 7.63. The molecule has 210 valence electrons. The van der Waals surface area contributed by atoms with E-state index in [1.165, 1.54) is 82.4 Å². The van der Waals surface area contributed by atoms with Crippen LogP contribution in [0.4, 0.5) is 0 Å². The Hall–Kier alpha value is -5.92. The van der Waals surface area contributed by atoms with Gasteiger partial charge in [-0.15, -0.1) is 0 Å². The van der Waals surface area contributed by atoms with Crippen molar-refractivity contribution in [1.29, 1.82) is 0 Å². The molecule has 0 saturated carbocycles. The van der Waals surface area contributed by atoms with Gasteiger partial charge in [0.2, 0.25) is 0 Å². The van der Waals surface area contributed by atoms with Crippen LogP contribution in [0.2, 0.25) is 0 Å². The van der Waals surface area contributed by atoms with Gasteiger partial charge in [0.05, 0.1) is 11.0 Å². The third kappa shape index (κ3) is 4.09. The van der Waals surface area contributed by atoms with Gasteiger partial charge in [0, 0.05) is 16.5 Å². The fourth-order valence-electron chi connectivity index (χ4n) is 7.21. The van der Waals surface area contributed by atoms with E-state index in [2.05, 4.69) is 180 Å². The Morgan fingerprint density at radius 3 is 1.40 bits per heavy atom. The fourth-order valence-corrected chi connectivity index (χ4v) is 7.21. The third-order valence-electron chi connectivity index (χ3n) is 9.17. The highest BCUT2D eigenvalue weighted by Gasteiger charge is 2.17. The van der Waals surface area contributed by atoms with E-state index in [1.54, 1.807) is 0 Å². The first-order valence-corrected chi connectivity index (χ1v) is 15.5.